The van der Waals surface area contributed by atoms with Gasteiger partial charge in [0.05, 0.1) is 6.07 Å². The summed E-state index contributed by atoms with van der Waals surface area (Å²) in [6.07, 6.45) is 0.881. The molecule has 0 bridgehead atoms. The molecule has 100 valence electrons. The maximum Gasteiger partial charge on any atom is 0.326 e. The predicted molar refractivity (Wildman–Crippen MR) is 63.5 cm³/mol. The molecule has 0 radical (unpaired) electrons. The molecule has 0 spiro atoms. The molecule has 1 aliphatic rings. The number of carboxylic acids is 1. The molecule has 7 heteroatoms. The minimum absolute atomic E-state index is 0.208. The molecule has 2 rings (SSSR count). The van der Waals surface area contributed by atoms with E-state index < -0.39 is 38.2 Å². The smallest absolute Gasteiger partial charge is 0.326 e. The van der Waals surface area contributed by atoms with E-state index in [4.69, 9.17) is 10.4 Å². The Morgan fingerprint density at radius 2 is 2.16 bits per heavy atom. The van der Waals surface area contributed by atoms with Crippen LogP contribution in [0.2, 0.25) is 0 Å². The summed E-state index contributed by atoms with van der Waals surface area (Å²) in [4.78, 5) is 11.3. The first-order valence-corrected chi connectivity index (χ1v) is 7.29. The average molecular weight is 283 g/mol. The first-order chi connectivity index (χ1) is 8.75. The molecule has 1 aromatic carbocycles. The van der Waals surface area contributed by atoms with Crippen LogP contribution in [0.1, 0.15) is 11.5 Å². The van der Waals surface area contributed by atoms with Crippen LogP contribution in [0.4, 0.5) is 4.39 Å². The van der Waals surface area contributed by atoms with Gasteiger partial charge in [-0.25, -0.2) is 12.8 Å². The standard InChI is InChI=1S/C12H10FNO4S/c1-19(17,18)10-9(12(10,6-14)11(15)16)7-3-2-4-8(13)5-7/h2-5,9-10H,1H3,(H,15,16)/t9-,10-,12+/m0/s1. The first-order valence-electron chi connectivity index (χ1n) is 5.34. The van der Waals surface area contributed by atoms with Gasteiger partial charge in [-0.15, -0.1) is 0 Å². The Morgan fingerprint density at radius 3 is 2.53 bits per heavy atom. The lowest BCUT2D eigenvalue weighted by atomic mass is 10.0. The fourth-order valence-electron chi connectivity index (χ4n) is 2.51. The summed E-state index contributed by atoms with van der Waals surface area (Å²) in [6, 6.07) is 6.58. The molecule has 0 aliphatic heterocycles. The van der Waals surface area contributed by atoms with Gasteiger partial charge in [0.25, 0.3) is 0 Å². The summed E-state index contributed by atoms with van der Waals surface area (Å²) in [5.74, 6) is -3.14. The van der Waals surface area contributed by atoms with Crippen LogP contribution in [0, 0.1) is 22.6 Å². The Bertz CT molecular complexity index is 694. The number of nitriles is 1. The number of hydrogen-bond acceptors (Lipinski definition) is 4. The van der Waals surface area contributed by atoms with Crippen molar-refractivity contribution in [2.45, 2.75) is 11.2 Å². The van der Waals surface area contributed by atoms with Crippen LogP contribution in [-0.4, -0.2) is 31.0 Å². The summed E-state index contributed by atoms with van der Waals surface area (Å²) in [7, 11) is -3.73. The second-order valence-corrected chi connectivity index (χ2v) is 6.74. The van der Waals surface area contributed by atoms with E-state index in [1.807, 2.05) is 0 Å². The molecule has 3 atom stereocenters. The van der Waals surface area contributed by atoms with Crippen molar-refractivity contribution in [2.24, 2.45) is 5.41 Å². The molecular formula is C12H10FNO4S. The molecular weight excluding hydrogens is 273 g/mol. The zero-order chi connectivity index (χ0) is 14.4. The second kappa shape index (κ2) is 4.03. The number of halogens is 1. The Kier molecular flexibility index (Phi) is 2.86. The fourth-order valence-corrected chi connectivity index (χ4v) is 4.28. The molecule has 0 heterocycles. The van der Waals surface area contributed by atoms with Crippen LogP contribution in [-0.2, 0) is 14.6 Å². The molecule has 1 saturated carbocycles. The summed E-state index contributed by atoms with van der Waals surface area (Å²) in [5.41, 5.74) is -1.82. The van der Waals surface area contributed by atoms with Crippen LogP contribution in [0.5, 0.6) is 0 Å². The SMILES string of the molecule is CS(=O)(=O)[C@H]1[C@H](c2cccc(F)c2)[C@@]1(C#N)C(=O)O. The molecule has 0 saturated heterocycles. The quantitative estimate of drug-likeness (QED) is 0.890. The normalized spacial score (nSPS) is 29.5. The zero-order valence-corrected chi connectivity index (χ0v) is 10.7. The van der Waals surface area contributed by atoms with E-state index >= 15 is 0 Å². The maximum absolute atomic E-state index is 13.2. The lowest BCUT2D eigenvalue weighted by Gasteiger charge is -2.01. The van der Waals surface area contributed by atoms with E-state index in [-0.39, 0.29) is 5.56 Å². The van der Waals surface area contributed by atoms with Crippen molar-refractivity contribution in [1.29, 1.82) is 5.26 Å². The summed E-state index contributed by atoms with van der Waals surface area (Å²) < 4.78 is 36.4. The van der Waals surface area contributed by atoms with E-state index in [0.717, 1.165) is 18.4 Å². The fraction of sp³-hybridized carbons (Fsp3) is 0.333. The highest BCUT2D eigenvalue weighted by Gasteiger charge is 2.76. The number of hydrogen-bond donors (Lipinski definition) is 1. The van der Waals surface area contributed by atoms with E-state index in [2.05, 4.69) is 0 Å². The third kappa shape index (κ3) is 1.88. The van der Waals surface area contributed by atoms with Crippen molar-refractivity contribution in [2.75, 3.05) is 6.26 Å². The first kappa shape index (κ1) is 13.5. The largest absolute Gasteiger partial charge is 0.480 e. The number of sulfone groups is 1. The number of nitrogens with zero attached hydrogens (tertiary/aromatic N) is 1. The van der Waals surface area contributed by atoms with Crippen LogP contribution in [0.3, 0.4) is 0 Å². The summed E-state index contributed by atoms with van der Waals surface area (Å²) >= 11 is 0. The lowest BCUT2D eigenvalue weighted by Crippen LogP contribution is -2.21. The maximum atomic E-state index is 13.2. The number of aliphatic carboxylic acids is 1. The molecule has 0 amide bonds. The van der Waals surface area contributed by atoms with Gasteiger partial charge in [-0.1, -0.05) is 12.1 Å². The number of carboxylic acid groups (broad SMARTS) is 1. The Balaban J connectivity index is 2.58. The van der Waals surface area contributed by atoms with Crippen LogP contribution in [0.15, 0.2) is 24.3 Å². The van der Waals surface area contributed by atoms with Gasteiger partial charge >= 0.3 is 5.97 Å². The van der Waals surface area contributed by atoms with Gasteiger partial charge in [-0.05, 0) is 17.7 Å². The van der Waals surface area contributed by atoms with Gasteiger partial charge in [0, 0.05) is 12.2 Å². The number of carbonyl (C=O) groups is 1. The van der Waals surface area contributed by atoms with Crippen LogP contribution < -0.4 is 0 Å². The minimum Gasteiger partial charge on any atom is -0.480 e. The van der Waals surface area contributed by atoms with Gasteiger partial charge < -0.3 is 5.11 Å². The lowest BCUT2D eigenvalue weighted by molar-refractivity contribution is -0.141. The third-order valence-corrected chi connectivity index (χ3v) is 4.91. The summed E-state index contributed by atoms with van der Waals surface area (Å²) in [5, 5.41) is 16.9. The molecule has 1 N–H and O–H groups in total. The van der Waals surface area contributed by atoms with E-state index in [1.165, 1.54) is 12.1 Å². The molecule has 5 nitrogen and oxygen atoms in total. The van der Waals surface area contributed by atoms with Gasteiger partial charge in [-0.2, -0.15) is 5.26 Å². The van der Waals surface area contributed by atoms with Crippen molar-refractivity contribution in [3.05, 3.63) is 35.6 Å². The van der Waals surface area contributed by atoms with Gasteiger partial charge in [0.15, 0.2) is 15.3 Å². The van der Waals surface area contributed by atoms with Crippen molar-refractivity contribution in [1.82, 2.24) is 0 Å². The second-order valence-electron chi connectivity index (χ2n) is 4.57. The van der Waals surface area contributed by atoms with Crippen LogP contribution in [0.25, 0.3) is 0 Å². The highest BCUT2D eigenvalue weighted by molar-refractivity contribution is 7.91. The average Bonchev–Trinajstić information content (AvgIpc) is 2.99. The topological polar surface area (TPSA) is 95.2 Å². The Labute approximate surface area is 109 Å². The van der Waals surface area contributed by atoms with Gasteiger partial charge in [0.2, 0.25) is 0 Å². The molecule has 1 aliphatic carbocycles. The number of benzene rings is 1. The van der Waals surface area contributed by atoms with Gasteiger partial charge in [-0.3, -0.25) is 4.79 Å². The van der Waals surface area contributed by atoms with Crippen molar-refractivity contribution in [3.63, 3.8) is 0 Å². The number of rotatable bonds is 3. The molecule has 1 aromatic rings. The Morgan fingerprint density at radius 1 is 1.53 bits per heavy atom. The van der Waals surface area contributed by atoms with Gasteiger partial charge in [0.1, 0.15) is 11.1 Å². The molecule has 0 unspecified atom stereocenters. The molecule has 19 heavy (non-hydrogen) atoms. The monoisotopic (exact) mass is 283 g/mol. The van der Waals surface area contributed by atoms with E-state index in [0.29, 0.717) is 0 Å². The third-order valence-electron chi connectivity index (χ3n) is 3.34. The van der Waals surface area contributed by atoms with Crippen LogP contribution >= 0.6 is 0 Å². The zero-order valence-electron chi connectivity index (χ0n) is 9.87. The molecule has 1 fully saturated rings. The van der Waals surface area contributed by atoms with Crippen molar-refractivity contribution in [3.8, 4) is 6.07 Å². The molecule has 0 aromatic heterocycles. The highest BCUT2D eigenvalue weighted by atomic mass is 32.2. The van der Waals surface area contributed by atoms with E-state index in [1.54, 1.807) is 6.07 Å². The van der Waals surface area contributed by atoms with Crippen molar-refractivity contribution >= 4 is 15.8 Å². The highest BCUT2D eigenvalue weighted by Crippen LogP contribution is 2.62. The Hall–Kier alpha value is -1.94. The van der Waals surface area contributed by atoms with Crippen molar-refractivity contribution < 1.29 is 22.7 Å². The summed E-state index contributed by atoms with van der Waals surface area (Å²) in [6.45, 7) is 0. The van der Waals surface area contributed by atoms with E-state index in [9.17, 15) is 17.6 Å². The minimum atomic E-state index is -3.73. The predicted octanol–water partition coefficient (Wildman–Crippen LogP) is 0.931.